The number of hydrogen-bond donors (Lipinski definition) is 1. The summed E-state index contributed by atoms with van der Waals surface area (Å²) in [6, 6.07) is 11.6. The summed E-state index contributed by atoms with van der Waals surface area (Å²) in [5.41, 5.74) is 1.04. The van der Waals surface area contributed by atoms with Crippen molar-refractivity contribution in [3.8, 4) is 0 Å². The molecule has 5 saturated carbocycles. The molecule has 2 heterocycles. The lowest BCUT2D eigenvalue weighted by molar-refractivity contribution is -0.130. The summed E-state index contributed by atoms with van der Waals surface area (Å²) in [6.45, 7) is 1.07. The van der Waals surface area contributed by atoms with E-state index in [1.807, 2.05) is 0 Å². The lowest BCUT2D eigenvalue weighted by atomic mass is 9.59. The summed E-state index contributed by atoms with van der Waals surface area (Å²) in [5, 5.41) is 11.6. The van der Waals surface area contributed by atoms with Gasteiger partial charge in [-0.2, -0.15) is 0 Å². The SMILES string of the molecule is O[C@]12[C@H]3[C@H]4C5[C@@H]6C[C@H]([C@H]53)[C@@H]1C6[C@@H]4N2CCc1ccccc1. The molecule has 2 aliphatic heterocycles. The van der Waals surface area contributed by atoms with Crippen LogP contribution in [0.3, 0.4) is 0 Å². The van der Waals surface area contributed by atoms with Crippen LogP contribution in [0.25, 0.3) is 0 Å². The number of aliphatic hydroxyl groups is 1. The Balaban J connectivity index is 1.27. The minimum Gasteiger partial charge on any atom is -0.375 e. The van der Waals surface area contributed by atoms with Gasteiger partial charge in [0.15, 0.2) is 0 Å². The van der Waals surface area contributed by atoms with E-state index in [4.69, 9.17) is 0 Å². The molecule has 0 radical (unpaired) electrons. The van der Waals surface area contributed by atoms with E-state index in [9.17, 15) is 5.11 Å². The van der Waals surface area contributed by atoms with Gasteiger partial charge in [-0.1, -0.05) is 30.3 Å². The van der Waals surface area contributed by atoms with Crippen LogP contribution in [0.5, 0.6) is 0 Å². The fourth-order valence-corrected chi connectivity index (χ4v) is 8.76. The first-order chi connectivity index (χ1) is 10.3. The number of nitrogens with zero attached hydrogens (tertiary/aromatic N) is 1. The Hall–Kier alpha value is -0.860. The summed E-state index contributed by atoms with van der Waals surface area (Å²) < 4.78 is 0. The normalized spacial score (nSPS) is 63.2. The van der Waals surface area contributed by atoms with Crippen LogP contribution >= 0.6 is 0 Å². The highest BCUT2D eigenvalue weighted by molar-refractivity contribution is 5.40. The van der Waals surface area contributed by atoms with Gasteiger partial charge in [-0.05, 0) is 53.9 Å². The van der Waals surface area contributed by atoms with Crippen LogP contribution in [0.1, 0.15) is 12.0 Å². The Morgan fingerprint density at radius 3 is 2.71 bits per heavy atom. The Morgan fingerprint density at radius 1 is 1.00 bits per heavy atom. The van der Waals surface area contributed by atoms with E-state index in [0.29, 0.717) is 11.8 Å². The van der Waals surface area contributed by atoms with E-state index in [1.54, 1.807) is 0 Å². The minimum absolute atomic E-state index is 0.383. The minimum atomic E-state index is -0.383. The molecule has 2 unspecified atom stereocenters. The quantitative estimate of drug-likeness (QED) is 0.914. The highest BCUT2D eigenvalue weighted by Crippen LogP contribution is 2.90. The molecule has 0 aromatic heterocycles. The van der Waals surface area contributed by atoms with Crippen LogP contribution in [-0.4, -0.2) is 28.3 Å². The van der Waals surface area contributed by atoms with E-state index in [1.165, 1.54) is 12.0 Å². The van der Waals surface area contributed by atoms with Crippen molar-refractivity contribution in [2.45, 2.75) is 24.6 Å². The van der Waals surface area contributed by atoms with E-state index >= 15 is 0 Å². The van der Waals surface area contributed by atoms with E-state index < -0.39 is 0 Å². The first kappa shape index (κ1) is 10.8. The van der Waals surface area contributed by atoms with Gasteiger partial charge in [0.05, 0.1) is 0 Å². The predicted molar refractivity (Wildman–Crippen MR) is 78.1 cm³/mol. The van der Waals surface area contributed by atoms with Gasteiger partial charge in [0.25, 0.3) is 0 Å². The fourth-order valence-electron chi connectivity index (χ4n) is 8.76. The third-order valence-corrected chi connectivity index (χ3v) is 8.70. The first-order valence-corrected chi connectivity index (χ1v) is 8.85. The van der Waals surface area contributed by atoms with Crippen molar-refractivity contribution in [1.29, 1.82) is 0 Å². The van der Waals surface area contributed by atoms with Crippen molar-refractivity contribution in [1.82, 2.24) is 4.90 Å². The highest BCUT2D eigenvalue weighted by atomic mass is 16.3. The van der Waals surface area contributed by atoms with Gasteiger partial charge in [0.2, 0.25) is 0 Å². The van der Waals surface area contributed by atoms with E-state index in [-0.39, 0.29) is 5.72 Å². The standard InChI is InChI=1S/C19H21NO/c21-19-16-11-8-10-12-13(11)17(19)15(12)18(14(10)16)20(19)7-6-9-4-2-1-3-5-9/h1-5,10-18,21H,6-8H2/t10-,11+,12?,13+,14?,15+,16+,17+,18-,19-/m0/s1. The highest BCUT2D eigenvalue weighted by Gasteiger charge is 2.93. The Labute approximate surface area is 125 Å². The lowest BCUT2D eigenvalue weighted by Gasteiger charge is -2.45. The molecule has 0 amide bonds. The Kier molecular flexibility index (Phi) is 1.52. The molecule has 1 N–H and O–H groups in total. The zero-order chi connectivity index (χ0) is 13.5. The maximum atomic E-state index is 11.6. The zero-order valence-corrected chi connectivity index (χ0v) is 12.1. The Morgan fingerprint density at radius 2 is 1.86 bits per heavy atom. The monoisotopic (exact) mass is 279 g/mol. The smallest absolute Gasteiger partial charge is 0.125 e. The summed E-state index contributed by atoms with van der Waals surface area (Å²) in [6.07, 6.45) is 2.58. The van der Waals surface area contributed by atoms with E-state index in [2.05, 4.69) is 35.2 Å². The Bertz CT molecular complexity index is 659. The van der Waals surface area contributed by atoms with Crippen LogP contribution in [0.4, 0.5) is 0 Å². The number of hydrogen-bond acceptors (Lipinski definition) is 2. The van der Waals surface area contributed by atoms with Crippen molar-refractivity contribution in [2.75, 3.05) is 6.54 Å². The lowest BCUT2D eigenvalue weighted by Crippen LogP contribution is -2.51. The molecule has 4 bridgehead atoms. The predicted octanol–water partition coefficient (Wildman–Crippen LogP) is 1.99. The molecular weight excluding hydrogens is 258 g/mol. The molecule has 10 atom stereocenters. The van der Waals surface area contributed by atoms with Gasteiger partial charge in [0.1, 0.15) is 5.72 Å². The zero-order valence-electron chi connectivity index (χ0n) is 12.1. The third kappa shape index (κ3) is 0.833. The van der Waals surface area contributed by atoms with Crippen molar-refractivity contribution < 1.29 is 5.11 Å². The molecule has 7 aliphatic rings. The number of rotatable bonds is 3. The van der Waals surface area contributed by atoms with Crippen molar-refractivity contribution >= 4 is 0 Å². The average molecular weight is 279 g/mol. The molecule has 0 spiro atoms. The molecule has 8 rings (SSSR count). The second-order valence-electron chi connectivity index (χ2n) is 8.63. The molecule has 1 aromatic carbocycles. The van der Waals surface area contributed by atoms with Gasteiger partial charge >= 0.3 is 0 Å². The topological polar surface area (TPSA) is 23.5 Å². The number of benzene rings is 1. The summed E-state index contributed by atoms with van der Waals surface area (Å²) in [7, 11) is 0. The molecule has 108 valence electrons. The van der Waals surface area contributed by atoms with Crippen LogP contribution in [0.15, 0.2) is 30.3 Å². The molecule has 2 nitrogen and oxygen atoms in total. The summed E-state index contributed by atoms with van der Waals surface area (Å²) in [5.74, 6) is 6.96. The molecule has 5 aliphatic carbocycles. The molecular formula is C19H21NO. The van der Waals surface area contributed by atoms with Gasteiger partial charge in [-0.25, -0.2) is 0 Å². The van der Waals surface area contributed by atoms with Crippen LogP contribution in [-0.2, 0) is 6.42 Å². The fraction of sp³-hybridized carbons (Fsp3) is 0.684. The average Bonchev–Trinajstić information content (AvgIpc) is 3.10. The van der Waals surface area contributed by atoms with E-state index in [0.717, 1.165) is 54.5 Å². The molecule has 21 heavy (non-hydrogen) atoms. The van der Waals surface area contributed by atoms with Crippen molar-refractivity contribution in [2.24, 2.45) is 47.3 Å². The second-order valence-corrected chi connectivity index (χ2v) is 8.63. The maximum absolute atomic E-state index is 11.6. The van der Waals surface area contributed by atoms with Gasteiger partial charge < -0.3 is 5.11 Å². The maximum Gasteiger partial charge on any atom is 0.125 e. The van der Waals surface area contributed by atoms with Crippen LogP contribution in [0, 0.1) is 47.3 Å². The molecule has 2 heteroatoms. The third-order valence-electron chi connectivity index (χ3n) is 8.70. The van der Waals surface area contributed by atoms with Gasteiger partial charge in [0, 0.05) is 24.4 Å². The second kappa shape index (κ2) is 2.96. The van der Waals surface area contributed by atoms with Crippen LogP contribution in [0.2, 0.25) is 0 Å². The summed E-state index contributed by atoms with van der Waals surface area (Å²) >= 11 is 0. The van der Waals surface area contributed by atoms with Crippen molar-refractivity contribution in [3.63, 3.8) is 0 Å². The first-order valence-electron chi connectivity index (χ1n) is 8.85. The van der Waals surface area contributed by atoms with Gasteiger partial charge in [-0.15, -0.1) is 0 Å². The molecule has 7 fully saturated rings. The van der Waals surface area contributed by atoms with Gasteiger partial charge in [-0.3, -0.25) is 4.90 Å². The van der Waals surface area contributed by atoms with Crippen molar-refractivity contribution in [3.05, 3.63) is 35.9 Å². The summed E-state index contributed by atoms with van der Waals surface area (Å²) in [4.78, 5) is 2.59. The molecule has 2 saturated heterocycles. The largest absolute Gasteiger partial charge is 0.375 e. The molecule has 1 aromatic rings. The van der Waals surface area contributed by atoms with Crippen LogP contribution < -0.4 is 0 Å².